The fourth-order valence-electron chi connectivity index (χ4n) is 4.37. The number of sulfonamides is 1. The summed E-state index contributed by atoms with van der Waals surface area (Å²) in [6.07, 6.45) is 1.94. The van der Waals surface area contributed by atoms with Crippen LogP contribution in [-0.4, -0.2) is 58.2 Å². The molecule has 2 N–H and O–H groups in total. The van der Waals surface area contributed by atoms with E-state index in [1.54, 1.807) is 16.7 Å². The second kappa shape index (κ2) is 8.18. The first-order chi connectivity index (χ1) is 16.0. The number of fused-ring (bicyclic) bond motifs is 1. The Hall–Kier alpha value is -2.22. The molecule has 5 rings (SSSR count). The molecule has 9 nitrogen and oxygen atoms in total. The van der Waals surface area contributed by atoms with Crippen molar-refractivity contribution in [2.24, 2.45) is 0 Å². The van der Waals surface area contributed by atoms with Gasteiger partial charge in [-0.1, -0.05) is 11.3 Å². The van der Waals surface area contributed by atoms with Crippen molar-refractivity contribution < 1.29 is 17.2 Å². The van der Waals surface area contributed by atoms with Gasteiger partial charge in [0.15, 0.2) is 15.8 Å². The summed E-state index contributed by atoms with van der Waals surface area (Å²) in [5.41, 5.74) is 0.949. The lowest BCUT2D eigenvalue weighted by Gasteiger charge is -2.43. The summed E-state index contributed by atoms with van der Waals surface area (Å²) < 4.78 is 57.4. The molecule has 0 bridgehead atoms. The predicted octanol–water partition coefficient (Wildman–Crippen LogP) is 3.20. The van der Waals surface area contributed by atoms with Crippen LogP contribution in [0.2, 0.25) is 0 Å². The van der Waals surface area contributed by atoms with Gasteiger partial charge in [0.05, 0.1) is 17.4 Å². The lowest BCUT2D eigenvalue weighted by atomic mass is 10.0. The molecule has 13 heteroatoms. The molecule has 0 unspecified atom stereocenters. The van der Waals surface area contributed by atoms with Gasteiger partial charge in [-0.25, -0.2) is 26.9 Å². The summed E-state index contributed by atoms with van der Waals surface area (Å²) in [7, 11) is -3.83. The van der Waals surface area contributed by atoms with E-state index in [1.807, 2.05) is 6.92 Å². The van der Waals surface area contributed by atoms with E-state index in [4.69, 9.17) is 0 Å². The van der Waals surface area contributed by atoms with Crippen LogP contribution < -0.4 is 14.9 Å². The lowest BCUT2D eigenvalue weighted by Crippen LogP contribution is -2.59. The molecule has 1 saturated carbocycles. The summed E-state index contributed by atoms with van der Waals surface area (Å²) in [4.78, 5) is 6.70. The zero-order valence-corrected chi connectivity index (χ0v) is 20.9. The van der Waals surface area contributed by atoms with Crippen molar-refractivity contribution in [1.82, 2.24) is 29.6 Å². The number of rotatable bonds is 6. The first-order valence-corrected chi connectivity index (χ1v) is 13.5. The molecule has 1 saturated heterocycles. The zero-order valence-electron chi connectivity index (χ0n) is 19.3. The van der Waals surface area contributed by atoms with Gasteiger partial charge in [0.1, 0.15) is 4.90 Å². The maximum Gasteiger partial charge on any atom is 0.291 e. The van der Waals surface area contributed by atoms with Crippen LogP contribution in [0.5, 0.6) is 0 Å². The van der Waals surface area contributed by atoms with E-state index in [9.17, 15) is 17.2 Å². The smallest absolute Gasteiger partial charge is 0.291 e. The molecule has 2 aliphatic rings. The Balaban J connectivity index is 1.69. The number of hydrogen-bond acceptors (Lipinski definition) is 8. The fraction of sp³-hybridized carbons (Fsp3) is 0.571. The average Bonchev–Trinajstić information content (AvgIpc) is 3.17. The van der Waals surface area contributed by atoms with Crippen molar-refractivity contribution >= 4 is 32.6 Å². The first kappa shape index (κ1) is 23.5. The number of hydrogen-bond donors (Lipinski definition) is 2. The van der Waals surface area contributed by atoms with E-state index in [1.165, 1.54) is 6.20 Å². The number of piperazine rings is 1. The van der Waals surface area contributed by atoms with Crippen molar-refractivity contribution in [1.29, 1.82) is 0 Å². The highest BCUT2D eigenvalue weighted by molar-refractivity contribution is 7.89. The predicted molar refractivity (Wildman–Crippen MR) is 126 cm³/mol. The minimum atomic E-state index is -3.83. The van der Waals surface area contributed by atoms with Gasteiger partial charge in [0.2, 0.25) is 10.0 Å². The van der Waals surface area contributed by atoms with E-state index < -0.39 is 27.0 Å². The van der Waals surface area contributed by atoms with Crippen LogP contribution >= 0.6 is 11.3 Å². The van der Waals surface area contributed by atoms with E-state index in [0.29, 0.717) is 17.7 Å². The van der Waals surface area contributed by atoms with Crippen LogP contribution in [0, 0.1) is 0 Å². The number of halogens is 2. The number of pyridine rings is 1. The first-order valence-electron chi connectivity index (χ1n) is 11.2. The molecule has 0 amide bonds. The largest absolute Gasteiger partial charge is 0.364 e. The van der Waals surface area contributed by atoms with Crippen LogP contribution in [0.4, 0.5) is 14.5 Å². The minimum absolute atomic E-state index is 0.0807. The Morgan fingerprint density at radius 2 is 2.00 bits per heavy atom. The van der Waals surface area contributed by atoms with Gasteiger partial charge in [-0.15, -0.1) is 10.2 Å². The molecule has 34 heavy (non-hydrogen) atoms. The normalized spacial score (nSPS) is 24.8. The molecule has 3 aromatic heterocycles. The average molecular weight is 512 g/mol. The molecule has 3 aromatic rings. The van der Waals surface area contributed by atoms with Crippen LogP contribution in [0.3, 0.4) is 0 Å². The van der Waals surface area contributed by atoms with E-state index in [2.05, 4.69) is 50.9 Å². The Bertz CT molecular complexity index is 1340. The van der Waals surface area contributed by atoms with Gasteiger partial charge in [0, 0.05) is 36.4 Å². The summed E-state index contributed by atoms with van der Waals surface area (Å²) in [6, 6.07) is 2.12. The zero-order chi connectivity index (χ0) is 24.4. The van der Waals surface area contributed by atoms with E-state index in [0.717, 1.165) is 24.2 Å². The highest BCUT2D eigenvalue weighted by Gasteiger charge is 2.42. The molecule has 1 aliphatic heterocycles. The molecule has 0 aromatic carbocycles. The van der Waals surface area contributed by atoms with Crippen LogP contribution in [0.25, 0.3) is 16.3 Å². The summed E-state index contributed by atoms with van der Waals surface area (Å²) >= 11 is 0.745. The van der Waals surface area contributed by atoms with Crippen molar-refractivity contribution in [2.75, 3.05) is 11.4 Å². The lowest BCUT2D eigenvalue weighted by molar-refractivity contribution is 0.150. The van der Waals surface area contributed by atoms with Crippen LogP contribution in [0.1, 0.15) is 52.0 Å². The molecule has 0 radical (unpaired) electrons. The third-order valence-electron chi connectivity index (χ3n) is 6.65. The number of nitrogens with zero attached hydrogens (tertiary/aromatic N) is 5. The van der Waals surface area contributed by atoms with E-state index in [-0.39, 0.29) is 33.9 Å². The Morgan fingerprint density at radius 3 is 2.65 bits per heavy atom. The molecule has 184 valence electrons. The maximum atomic E-state index is 13.3. The van der Waals surface area contributed by atoms with Crippen LogP contribution in [-0.2, 0) is 10.0 Å². The fourth-order valence-corrected chi connectivity index (χ4v) is 6.54. The number of aromatic nitrogens is 4. The molecule has 2 fully saturated rings. The third kappa shape index (κ3) is 4.18. The Labute approximate surface area is 200 Å². The topological polar surface area (TPSA) is 105 Å². The standard InChI is InChI=1S/C21H27F2N7O2S2/c1-11-9-29(13(3)12(2)25-11)15-7-14(34(31,32)28-21(4)5-6-21)10-30-16(15)8-24-18(30)20-27-26-19(33-20)17(22)23/h7-8,10-13,17,25,28H,5-6,9H2,1-4H3/t11-,12+,13+/m0/s1. The highest BCUT2D eigenvalue weighted by Crippen LogP contribution is 2.38. The van der Waals surface area contributed by atoms with Crippen molar-refractivity contribution in [3.05, 3.63) is 23.5 Å². The van der Waals surface area contributed by atoms with Gasteiger partial charge in [-0.3, -0.25) is 4.40 Å². The Kier molecular flexibility index (Phi) is 5.66. The van der Waals surface area contributed by atoms with Gasteiger partial charge < -0.3 is 10.2 Å². The minimum Gasteiger partial charge on any atom is -0.364 e. The number of anilines is 1. The number of imidazole rings is 1. The van der Waals surface area contributed by atoms with Crippen molar-refractivity contribution in [2.45, 2.75) is 75.5 Å². The van der Waals surface area contributed by atoms with Gasteiger partial charge >= 0.3 is 0 Å². The molecule has 3 atom stereocenters. The second-order valence-corrected chi connectivity index (χ2v) is 12.3. The van der Waals surface area contributed by atoms with Gasteiger partial charge in [-0.05, 0) is 46.6 Å². The quantitative estimate of drug-likeness (QED) is 0.524. The molecule has 0 spiro atoms. The van der Waals surface area contributed by atoms with Crippen LogP contribution in [0.15, 0.2) is 23.4 Å². The SMILES string of the molecule is C[C@@H]1[C@@H](C)N[C@@H](C)CN1c1cc(S(=O)(=O)NC2(C)CC2)cn2c(-c3nnc(C(F)F)s3)ncc12. The van der Waals surface area contributed by atoms with Gasteiger partial charge in [-0.2, -0.15) is 0 Å². The third-order valence-corrected chi connectivity index (χ3v) is 9.18. The molecule has 4 heterocycles. The molecular weight excluding hydrogens is 484 g/mol. The van der Waals surface area contributed by atoms with Crippen molar-refractivity contribution in [3.8, 4) is 10.8 Å². The highest BCUT2D eigenvalue weighted by atomic mass is 32.2. The van der Waals surface area contributed by atoms with Gasteiger partial charge in [0.25, 0.3) is 6.43 Å². The molecular formula is C21H27F2N7O2S2. The number of nitrogens with one attached hydrogen (secondary N) is 2. The maximum absolute atomic E-state index is 13.3. The summed E-state index contributed by atoms with van der Waals surface area (Å²) in [6.45, 7) is 8.81. The van der Waals surface area contributed by atoms with E-state index >= 15 is 0 Å². The second-order valence-electron chi connectivity index (χ2n) is 9.56. The monoisotopic (exact) mass is 511 g/mol. The summed E-state index contributed by atoms with van der Waals surface area (Å²) in [5.74, 6) is 0.277. The number of alkyl halides is 2. The van der Waals surface area contributed by atoms with Crippen molar-refractivity contribution in [3.63, 3.8) is 0 Å². The molecule has 1 aliphatic carbocycles. The Morgan fingerprint density at radius 1 is 1.26 bits per heavy atom. The summed E-state index contributed by atoms with van der Waals surface area (Å²) in [5, 5.41) is 10.8.